The summed E-state index contributed by atoms with van der Waals surface area (Å²) in [6, 6.07) is 16.0. The van der Waals surface area contributed by atoms with Crippen molar-refractivity contribution in [2.45, 2.75) is 20.4 Å². The average molecular weight is 408 g/mol. The number of benzene rings is 2. The predicted octanol–water partition coefficient (Wildman–Crippen LogP) is 3.47. The first-order valence-corrected chi connectivity index (χ1v) is 9.38. The van der Waals surface area contributed by atoms with Gasteiger partial charge < -0.3 is 9.88 Å². The zero-order valence-electron chi connectivity index (χ0n) is 15.9. The van der Waals surface area contributed by atoms with Crippen LogP contribution in [-0.4, -0.2) is 25.1 Å². The number of carbonyl (C=O) groups excluding carboxylic acids is 1. The van der Waals surface area contributed by atoms with E-state index in [1.54, 1.807) is 35.8 Å². The Bertz CT molecular complexity index is 1260. The van der Waals surface area contributed by atoms with E-state index in [4.69, 9.17) is 11.6 Å². The summed E-state index contributed by atoms with van der Waals surface area (Å²) < 4.78 is 2.87. The molecule has 146 valence electrons. The molecule has 29 heavy (non-hydrogen) atoms. The third-order valence-corrected chi connectivity index (χ3v) is 4.79. The molecule has 0 bridgehead atoms. The first-order chi connectivity index (χ1) is 13.9. The van der Waals surface area contributed by atoms with Crippen molar-refractivity contribution < 1.29 is 4.79 Å². The van der Waals surface area contributed by atoms with Crippen LogP contribution < -0.4 is 10.9 Å². The first kappa shape index (κ1) is 18.9. The highest BCUT2D eigenvalue weighted by Crippen LogP contribution is 2.19. The van der Waals surface area contributed by atoms with Gasteiger partial charge in [-0.3, -0.25) is 9.59 Å². The van der Waals surface area contributed by atoms with Gasteiger partial charge in [-0.1, -0.05) is 29.3 Å². The molecule has 0 aliphatic carbocycles. The zero-order valence-corrected chi connectivity index (χ0v) is 16.6. The second kappa shape index (κ2) is 7.52. The SMILES string of the molecule is Cc1ccc(NC(=O)Cn2c(C)cc(=O)n3nc(-c4ccc(Cl)cc4)nc23)cc1. The molecule has 0 aliphatic heterocycles. The third-order valence-electron chi connectivity index (χ3n) is 4.54. The van der Waals surface area contributed by atoms with E-state index in [1.807, 2.05) is 31.2 Å². The lowest BCUT2D eigenvalue weighted by atomic mass is 10.2. The number of nitrogens with zero attached hydrogens (tertiary/aromatic N) is 4. The van der Waals surface area contributed by atoms with E-state index in [2.05, 4.69) is 15.4 Å². The largest absolute Gasteiger partial charge is 0.325 e. The van der Waals surface area contributed by atoms with Crippen molar-refractivity contribution in [3.8, 4) is 11.4 Å². The van der Waals surface area contributed by atoms with Gasteiger partial charge >= 0.3 is 0 Å². The second-order valence-corrected chi connectivity index (χ2v) is 7.21. The fraction of sp³-hybridized carbons (Fsp3) is 0.143. The van der Waals surface area contributed by atoms with E-state index in [0.717, 1.165) is 11.1 Å². The molecule has 4 aromatic rings. The van der Waals surface area contributed by atoms with Crippen LogP contribution in [0.25, 0.3) is 17.2 Å². The number of aryl methyl sites for hydroxylation is 2. The molecule has 0 radical (unpaired) electrons. The van der Waals surface area contributed by atoms with Gasteiger partial charge in [0.05, 0.1) is 0 Å². The first-order valence-electron chi connectivity index (χ1n) is 9.00. The monoisotopic (exact) mass is 407 g/mol. The minimum atomic E-state index is -0.305. The smallest absolute Gasteiger partial charge is 0.275 e. The molecule has 2 heterocycles. The number of anilines is 1. The Labute approximate surface area is 171 Å². The molecule has 1 N–H and O–H groups in total. The van der Waals surface area contributed by atoms with Gasteiger partial charge in [0, 0.05) is 28.0 Å². The van der Waals surface area contributed by atoms with Crippen molar-refractivity contribution in [2.75, 3.05) is 5.32 Å². The lowest BCUT2D eigenvalue weighted by Crippen LogP contribution is -2.25. The molecule has 0 saturated heterocycles. The number of halogens is 1. The van der Waals surface area contributed by atoms with Gasteiger partial charge in [0.1, 0.15) is 6.54 Å². The Balaban J connectivity index is 1.69. The highest BCUT2D eigenvalue weighted by molar-refractivity contribution is 6.30. The van der Waals surface area contributed by atoms with Gasteiger partial charge in [-0.05, 0) is 50.2 Å². The molecular weight excluding hydrogens is 390 g/mol. The van der Waals surface area contributed by atoms with Crippen LogP contribution in [0.2, 0.25) is 5.02 Å². The number of rotatable bonds is 4. The van der Waals surface area contributed by atoms with Crippen LogP contribution in [0.3, 0.4) is 0 Å². The van der Waals surface area contributed by atoms with Crippen LogP contribution in [0.1, 0.15) is 11.3 Å². The maximum absolute atomic E-state index is 12.6. The summed E-state index contributed by atoms with van der Waals surface area (Å²) in [4.78, 5) is 29.5. The molecule has 2 aromatic carbocycles. The number of fused-ring (bicyclic) bond motifs is 1. The molecule has 7 nitrogen and oxygen atoms in total. The van der Waals surface area contributed by atoms with Crippen LogP contribution in [0.15, 0.2) is 59.4 Å². The number of carbonyl (C=O) groups is 1. The summed E-state index contributed by atoms with van der Waals surface area (Å²) in [6.45, 7) is 3.75. The van der Waals surface area contributed by atoms with Crippen LogP contribution in [0.5, 0.6) is 0 Å². The zero-order chi connectivity index (χ0) is 20.5. The highest BCUT2D eigenvalue weighted by Gasteiger charge is 2.15. The summed E-state index contributed by atoms with van der Waals surface area (Å²) in [5, 5.41) is 7.77. The minimum absolute atomic E-state index is 0.00222. The molecule has 0 unspecified atom stereocenters. The fourth-order valence-corrected chi connectivity index (χ4v) is 3.13. The summed E-state index contributed by atoms with van der Waals surface area (Å²) in [5.41, 5.74) is 2.86. The van der Waals surface area contributed by atoms with Gasteiger partial charge in [0.2, 0.25) is 11.7 Å². The number of aromatic nitrogens is 4. The Morgan fingerprint density at radius 3 is 2.45 bits per heavy atom. The molecule has 0 spiro atoms. The molecule has 0 aliphatic rings. The van der Waals surface area contributed by atoms with Crippen molar-refractivity contribution >= 4 is 29.0 Å². The van der Waals surface area contributed by atoms with Gasteiger partial charge in [-0.2, -0.15) is 9.50 Å². The van der Waals surface area contributed by atoms with Crippen molar-refractivity contribution in [3.05, 3.63) is 81.2 Å². The maximum atomic E-state index is 12.6. The van der Waals surface area contributed by atoms with Gasteiger partial charge in [-0.15, -0.1) is 5.10 Å². The van der Waals surface area contributed by atoms with Gasteiger partial charge in [-0.25, -0.2) is 0 Å². The van der Waals surface area contributed by atoms with Crippen LogP contribution in [0, 0.1) is 13.8 Å². The molecule has 0 saturated carbocycles. The molecule has 1 amide bonds. The predicted molar refractivity (Wildman–Crippen MR) is 112 cm³/mol. The lowest BCUT2D eigenvalue weighted by molar-refractivity contribution is -0.116. The molecule has 0 fully saturated rings. The van der Waals surface area contributed by atoms with Gasteiger partial charge in [0.25, 0.3) is 5.56 Å². The van der Waals surface area contributed by atoms with Crippen molar-refractivity contribution in [3.63, 3.8) is 0 Å². The Morgan fingerprint density at radius 1 is 1.07 bits per heavy atom. The van der Waals surface area contributed by atoms with Crippen LogP contribution in [0.4, 0.5) is 5.69 Å². The van der Waals surface area contributed by atoms with E-state index in [9.17, 15) is 9.59 Å². The topological polar surface area (TPSA) is 81.3 Å². The number of hydrogen-bond acceptors (Lipinski definition) is 4. The third kappa shape index (κ3) is 3.90. The van der Waals surface area contributed by atoms with Crippen LogP contribution >= 0.6 is 11.6 Å². The Morgan fingerprint density at radius 2 is 1.76 bits per heavy atom. The van der Waals surface area contributed by atoms with Crippen molar-refractivity contribution in [1.82, 2.24) is 19.2 Å². The number of hydrogen-bond donors (Lipinski definition) is 1. The van der Waals surface area contributed by atoms with E-state index in [0.29, 0.717) is 28.0 Å². The molecule has 4 rings (SSSR count). The Kier molecular flexibility index (Phi) is 4.90. The molecular formula is C21H18ClN5O2. The summed E-state index contributed by atoms with van der Waals surface area (Å²) in [6.07, 6.45) is 0. The number of amides is 1. The second-order valence-electron chi connectivity index (χ2n) is 6.78. The summed E-state index contributed by atoms with van der Waals surface area (Å²) >= 11 is 5.94. The summed E-state index contributed by atoms with van der Waals surface area (Å²) in [5.74, 6) is 0.467. The average Bonchev–Trinajstić information content (AvgIpc) is 3.13. The quantitative estimate of drug-likeness (QED) is 0.561. The standard InChI is InChI=1S/C21H18ClN5O2/c1-13-3-9-17(10-4-13)23-18(28)12-26-14(2)11-19(29)27-21(26)24-20(25-27)15-5-7-16(22)8-6-15/h3-11H,12H2,1-2H3,(H,23,28). The van der Waals surface area contributed by atoms with E-state index in [-0.39, 0.29) is 18.0 Å². The summed E-state index contributed by atoms with van der Waals surface area (Å²) in [7, 11) is 0. The minimum Gasteiger partial charge on any atom is -0.325 e. The van der Waals surface area contributed by atoms with E-state index in [1.165, 1.54) is 10.6 Å². The van der Waals surface area contributed by atoms with E-state index >= 15 is 0 Å². The molecule has 8 heteroatoms. The lowest BCUT2D eigenvalue weighted by Gasteiger charge is -2.11. The molecule has 0 atom stereocenters. The van der Waals surface area contributed by atoms with E-state index < -0.39 is 0 Å². The molecule has 2 aromatic heterocycles. The van der Waals surface area contributed by atoms with Gasteiger partial charge in [0.15, 0.2) is 5.82 Å². The van der Waals surface area contributed by atoms with Crippen molar-refractivity contribution in [1.29, 1.82) is 0 Å². The Hall–Kier alpha value is -3.45. The fourth-order valence-electron chi connectivity index (χ4n) is 3.00. The number of nitrogens with one attached hydrogen (secondary N) is 1. The maximum Gasteiger partial charge on any atom is 0.275 e. The van der Waals surface area contributed by atoms with Crippen molar-refractivity contribution in [2.24, 2.45) is 0 Å². The highest BCUT2D eigenvalue weighted by atomic mass is 35.5. The normalized spacial score (nSPS) is 11.0. The van der Waals surface area contributed by atoms with Crippen LogP contribution in [-0.2, 0) is 11.3 Å².